The summed E-state index contributed by atoms with van der Waals surface area (Å²) in [6.45, 7) is 5.29. The Hall–Kier alpha value is -4.96. The van der Waals surface area contributed by atoms with Crippen LogP contribution in [-0.4, -0.2) is 37.2 Å². The first-order valence-electron chi connectivity index (χ1n) is 13.3. The van der Waals surface area contributed by atoms with Gasteiger partial charge in [0.1, 0.15) is 29.9 Å². The van der Waals surface area contributed by atoms with Gasteiger partial charge in [-0.25, -0.2) is 4.68 Å². The molecule has 0 aliphatic carbocycles. The van der Waals surface area contributed by atoms with Gasteiger partial charge in [-0.3, -0.25) is 9.69 Å². The molecule has 0 aliphatic heterocycles. The number of aryl methyl sites for hydroxylation is 2. The maximum absolute atomic E-state index is 13.8. The monoisotopic (exact) mass is 550 g/mol. The molecule has 1 atom stereocenters. The smallest absolute Gasteiger partial charge is 0.253 e. The highest BCUT2D eigenvalue weighted by atomic mass is 16.5. The van der Waals surface area contributed by atoms with Crippen LogP contribution in [0.25, 0.3) is 10.9 Å². The van der Waals surface area contributed by atoms with Crippen molar-refractivity contribution >= 4 is 10.9 Å². The predicted octanol–water partition coefficient (Wildman–Crippen LogP) is 5.17. The molecule has 1 N–H and O–H groups in total. The summed E-state index contributed by atoms with van der Waals surface area (Å²) in [6.07, 6.45) is 3.26. The Bertz CT molecular complexity index is 1800. The summed E-state index contributed by atoms with van der Waals surface area (Å²) in [5.41, 5.74) is 4.37. The molecular formula is C31H30N6O4. The SMILES string of the molecule is COc1ccc(CN(Cc2ccco2)[C@@H](c2cc3cc(C)c(C)cc3[nH]c2=O)c2nnnn2Cc2ccco2)cc1. The Labute approximate surface area is 236 Å². The van der Waals surface area contributed by atoms with Gasteiger partial charge in [0, 0.05) is 17.6 Å². The lowest BCUT2D eigenvalue weighted by atomic mass is 10.00. The quantitative estimate of drug-likeness (QED) is 0.249. The number of hydrogen-bond acceptors (Lipinski definition) is 8. The lowest BCUT2D eigenvalue weighted by molar-refractivity contribution is 0.179. The minimum Gasteiger partial charge on any atom is -0.497 e. The highest BCUT2D eigenvalue weighted by molar-refractivity contribution is 5.81. The fourth-order valence-corrected chi connectivity index (χ4v) is 5.07. The fourth-order valence-electron chi connectivity index (χ4n) is 5.07. The number of furan rings is 2. The molecule has 0 radical (unpaired) electrons. The molecule has 0 spiro atoms. The van der Waals surface area contributed by atoms with Crippen LogP contribution in [0.2, 0.25) is 0 Å². The average Bonchev–Trinajstić information content (AvgIpc) is 3.76. The molecule has 2 aromatic carbocycles. The summed E-state index contributed by atoms with van der Waals surface area (Å²) in [5.74, 6) is 2.72. The van der Waals surface area contributed by atoms with E-state index in [-0.39, 0.29) is 5.56 Å². The second kappa shape index (κ2) is 11.3. The molecule has 0 amide bonds. The first kappa shape index (κ1) is 26.3. The van der Waals surface area contributed by atoms with Crippen LogP contribution in [0, 0.1) is 13.8 Å². The van der Waals surface area contributed by atoms with Crippen LogP contribution in [0.15, 0.2) is 92.9 Å². The van der Waals surface area contributed by atoms with Gasteiger partial charge in [0.25, 0.3) is 5.56 Å². The minimum atomic E-state index is -0.623. The Balaban J connectivity index is 1.52. The van der Waals surface area contributed by atoms with Crippen molar-refractivity contribution in [3.63, 3.8) is 0 Å². The molecule has 6 rings (SSSR count). The van der Waals surface area contributed by atoms with Gasteiger partial charge in [-0.05, 0) is 101 Å². The Morgan fingerprint density at radius 3 is 2.39 bits per heavy atom. The fraction of sp³-hybridized carbons (Fsp3) is 0.226. The van der Waals surface area contributed by atoms with Gasteiger partial charge in [0.2, 0.25) is 0 Å². The Kier molecular flexibility index (Phi) is 7.22. The number of tetrazole rings is 1. The number of methoxy groups -OCH3 is 1. The molecule has 41 heavy (non-hydrogen) atoms. The number of nitrogens with zero attached hydrogens (tertiary/aromatic N) is 5. The standard InChI is InChI=1S/C31H30N6O4/c1-20-14-23-16-27(31(38)32-28(23)15-21(20)2)29(30-33-34-35-37(30)19-26-7-5-13-41-26)36(18-25-6-4-12-40-25)17-22-8-10-24(39-3)11-9-22/h4-16,29H,17-19H2,1-3H3,(H,32,38)/t29-/m0/s1. The number of benzene rings is 2. The summed E-state index contributed by atoms with van der Waals surface area (Å²) >= 11 is 0. The first-order chi connectivity index (χ1) is 20.0. The van der Waals surface area contributed by atoms with Crippen molar-refractivity contribution in [2.75, 3.05) is 7.11 Å². The van der Waals surface area contributed by atoms with E-state index in [2.05, 4.69) is 38.4 Å². The van der Waals surface area contributed by atoms with Gasteiger partial charge < -0.3 is 18.6 Å². The number of pyridine rings is 1. The van der Waals surface area contributed by atoms with E-state index in [1.807, 2.05) is 67.6 Å². The predicted molar refractivity (Wildman–Crippen MR) is 152 cm³/mol. The summed E-state index contributed by atoms with van der Waals surface area (Å²) in [5, 5.41) is 13.7. The number of hydrogen-bond donors (Lipinski definition) is 1. The first-order valence-corrected chi connectivity index (χ1v) is 13.3. The molecule has 6 aromatic rings. The largest absolute Gasteiger partial charge is 0.497 e. The summed E-state index contributed by atoms with van der Waals surface area (Å²) in [7, 11) is 1.64. The van der Waals surface area contributed by atoms with Gasteiger partial charge in [-0.1, -0.05) is 12.1 Å². The van der Waals surface area contributed by atoms with Crippen LogP contribution in [-0.2, 0) is 19.6 Å². The van der Waals surface area contributed by atoms with Crippen molar-refractivity contribution in [3.8, 4) is 5.75 Å². The van der Waals surface area contributed by atoms with Crippen LogP contribution in [0.1, 0.15) is 45.6 Å². The Morgan fingerprint density at radius 2 is 1.68 bits per heavy atom. The average molecular weight is 551 g/mol. The van der Waals surface area contributed by atoms with E-state index in [1.165, 1.54) is 0 Å². The summed E-state index contributed by atoms with van der Waals surface area (Å²) in [6, 6.07) is 20.7. The summed E-state index contributed by atoms with van der Waals surface area (Å²) in [4.78, 5) is 19.1. The highest BCUT2D eigenvalue weighted by Gasteiger charge is 2.32. The third-order valence-electron chi connectivity index (χ3n) is 7.32. The van der Waals surface area contributed by atoms with Crippen LogP contribution >= 0.6 is 0 Å². The molecule has 208 valence electrons. The van der Waals surface area contributed by atoms with Gasteiger partial charge in [-0.2, -0.15) is 0 Å². The molecule has 0 fully saturated rings. The third kappa shape index (κ3) is 5.55. The molecule has 0 saturated carbocycles. The van der Waals surface area contributed by atoms with Crippen molar-refractivity contribution in [3.05, 3.63) is 129 Å². The Morgan fingerprint density at radius 1 is 0.951 bits per heavy atom. The molecule has 0 unspecified atom stereocenters. The van der Waals surface area contributed by atoms with E-state index in [1.54, 1.807) is 24.3 Å². The van der Waals surface area contributed by atoms with Gasteiger partial charge in [0.15, 0.2) is 5.82 Å². The number of aromatic amines is 1. The molecular weight excluding hydrogens is 520 g/mol. The van der Waals surface area contributed by atoms with Gasteiger partial charge in [-0.15, -0.1) is 5.10 Å². The summed E-state index contributed by atoms with van der Waals surface area (Å²) < 4.78 is 18.4. The third-order valence-corrected chi connectivity index (χ3v) is 7.32. The zero-order chi connectivity index (χ0) is 28.3. The van der Waals surface area contributed by atoms with Gasteiger partial charge in [0.05, 0.1) is 26.2 Å². The van der Waals surface area contributed by atoms with E-state index in [0.29, 0.717) is 36.8 Å². The van der Waals surface area contributed by atoms with Crippen molar-refractivity contribution in [2.24, 2.45) is 0 Å². The zero-order valence-electron chi connectivity index (χ0n) is 23.1. The van der Waals surface area contributed by atoms with Crippen LogP contribution < -0.4 is 10.3 Å². The van der Waals surface area contributed by atoms with Crippen LogP contribution in [0.4, 0.5) is 0 Å². The molecule has 0 saturated heterocycles. The number of fused-ring (bicyclic) bond motifs is 1. The van der Waals surface area contributed by atoms with Crippen molar-refractivity contribution in [1.82, 2.24) is 30.1 Å². The second-order valence-electron chi connectivity index (χ2n) is 10.1. The molecule has 0 bridgehead atoms. The minimum absolute atomic E-state index is 0.211. The van der Waals surface area contributed by atoms with Crippen LogP contribution in [0.3, 0.4) is 0 Å². The number of rotatable bonds is 10. The molecule has 10 heteroatoms. The molecule has 0 aliphatic rings. The maximum atomic E-state index is 13.8. The van der Waals surface area contributed by atoms with E-state index in [9.17, 15) is 4.79 Å². The number of nitrogens with one attached hydrogen (secondary N) is 1. The maximum Gasteiger partial charge on any atom is 0.253 e. The molecule has 4 heterocycles. The van der Waals surface area contributed by atoms with Crippen molar-refractivity contribution < 1.29 is 13.6 Å². The topological polar surface area (TPSA) is 115 Å². The van der Waals surface area contributed by atoms with E-state index in [0.717, 1.165) is 39.1 Å². The number of H-pyrrole nitrogens is 1. The highest BCUT2D eigenvalue weighted by Crippen LogP contribution is 2.31. The molecule has 4 aromatic heterocycles. The van der Waals surface area contributed by atoms with Gasteiger partial charge >= 0.3 is 0 Å². The number of aromatic nitrogens is 5. The van der Waals surface area contributed by atoms with Crippen LogP contribution in [0.5, 0.6) is 5.75 Å². The lowest BCUT2D eigenvalue weighted by Crippen LogP contribution is -2.34. The van der Waals surface area contributed by atoms with Crippen molar-refractivity contribution in [1.29, 1.82) is 0 Å². The second-order valence-corrected chi connectivity index (χ2v) is 10.1. The lowest BCUT2D eigenvalue weighted by Gasteiger charge is -2.30. The zero-order valence-corrected chi connectivity index (χ0v) is 23.1. The van der Waals surface area contributed by atoms with E-state index < -0.39 is 6.04 Å². The van der Waals surface area contributed by atoms with E-state index in [4.69, 9.17) is 13.6 Å². The normalized spacial score (nSPS) is 12.3. The number of ether oxygens (including phenoxy) is 1. The molecule has 10 nitrogen and oxygen atoms in total. The van der Waals surface area contributed by atoms with Crippen molar-refractivity contribution in [2.45, 2.75) is 39.5 Å². The van der Waals surface area contributed by atoms with E-state index >= 15 is 0 Å².